The smallest absolute Gasteiger partial charge is 0.347 e. The van der Waals surface area contributed by atoms with Crippen molar-refractivity contribution >= 4 is 39.0 Å². The summed E-state index contributed by atoms with van der Waals surface area (Å²) in [6, 6.07) is 7.90. The van der Waals surface area contributed by atoms with E-state index in [0.717, 1.165) is 16.6 Å². The van der Waals surface area contributed by atoms with E-state index in [1.54, 1.807) is 6.92 Å². The predicted molar refractivity (Wildman–Crippen MR) is 96.8 cm³/mol. The Balaban J connectivity index is 2.43. The monoisotopic (exact) mass is 379 g/mol. The molecule has 0 aliphatic heterocycles. The van der Waals surface area contributed by atoms with Crippen molar-refractivity contribution in [3.05, 3.63) is 34.9 Å². The summed E-state index contributed by atoms with van der Waals surface area (Å²) >= 11 is 3.31. The summed E-state index contributed by atoms with van der Waals surface area (Å²) in [5, 5.41) is 0.977. The van der Waals surface area contributed by atoms with E-state index >= 15 is 0 Å². The summed E-state index contributed by atoms with van der Waals surface area (Å²) < 4.78 is 13.2. The molecule has 5 heteroatoms. The van der Waals surface area contributed by atoms with Crippen LogP contribution in [0.1, 0.15) is 26.5 Å². The number of hydrogen-bond donors (Lipinski definition) is 0. The number of carbonyl (C=O) groups excluding carboxylic acids is 1. The molecule has 2 rings (SSSR count). The van der Waals surface area contributed by atoms with Crippen molar-refractivity contribution in [1.29, 1.82) is 0 Å². The zero-order valence-electron chi connectivity index (χ0n) is 13.9. The molecule has 0 aliphatic carbocycles. The van der Waals surface area contributed by atoms with Gasteiger partial charge in [0.1, 0.15) is 5.75 Å². The molecule has 124 valence electrons. The summed E-state index contributed by atoms with van der Waals surface area (Å²) in [5.74, 6) is 0.394. The van der Waals surface area contributed by atoms with Crippen molar-refractivity contribution in [2.45, 2.75) is 33.8 Å². The van der Waals surface area contributed by atoms with Gasteiger partial charge in [0, 0.05) is 23.2 Å². The lowest BCUT2D eigenvalue weighted by Gasteiger charge is -2.21. The molecule has 1 heterocycles. The largest absolute Gasteiger partial charge is 0.478 e. The fourth-order valence-corrected chi connectivity index (χ4v) is 2.77. The topological polar surface area (TPSA) is 40.5 Å². The Bertz CT molecular complexity index is 718. The standard InChI is InChI=1S/C18H22BrNO3/c1-5-22-18(21)17(12(2)3)23-16-8-6-7-15-14(16)11-13(4)20(15)10-9-19/h6-12,17H,5H2,1-4H3/b10-9-. The van der Waals surface area contributed by atoms with Crippen LogP contribution in [0.2, 0.25) is 0 Å². The highest BCUT2D eigenvalue weighted by Gasteiger charge is 2.26. The average Bonchev–Trinajstić information content (AvgIpc) is 2.82. The van der Waals surface area contributed by atoms with Gasteiger partial charge in [0.25, 0.3) is 0 Å². The summed E-state index contributed by atoms with van der Waals surface area (Å²) in [4.78, 5) is 13.9. The number of esters is 1. The van der Waals surface area contributed by atoms with Crippen molar-refractivity contribution < 1.29 is 14.3 Å². The van der Waals surface area contributed by atoms with Crippen LogP contribution < -0.4 is 4.74 Å². The van der Waals surface area contributed by atoms with E-state index in [2.05, 4.69) is 26.6 Å². The molecule has 0 bridgehead atoms. The van der Waals surface area contributed by atoms with Gasteiger partial charge in [-0.1, -0.05) is 35.8 Å². The van der Waals surface area contributed by atoms with Crippen molar-refractivity contribution in [2.24, 2.45) is 5.92 Å². The molecular weight excluding hydrogens is 358 g/mol. The number of ether oxygens (including phenoxy) is 2. The van der Waals surface area contributed by atoms with Crippen molar-refractivity contribution in [3.8, 4) is 5.75 Å². The lowest BCUT2D eigenvalue weighted by atomic mass is 10.1. The molecule has 0 amide bonds. The molecule has 2 aromatic rings. The van der Waals surface area contributed by atoms with Crippen molar-refractivity contribution in [1.82, 2.24) is 4.57 Å². The third-order valence-corrected chi connectivity index (χ3v) is 3.86. The molecule has 4 nitrogen and oxygen atoms in total. The normalized spacial score (nSPS) is 13.0. The van der Waals surface area contributed by atoms with E-state index < -0.39 is 6.10 Å². The van der Waals surface area contributed by atoms with Crippen LogP contribution in [0.4, 0.5) is 0 Å². The first-order valence-corrected chi connectivity index (χ1v) is 8.61. The lowest BCUT2D eigenvalue weighted by molar-refractivity contribution is -0.153. The molecule has 1 atom stereocenters. The van der Waals surface area contributed by atoms with Gasteiger partial charge in [-0.15, -0.1) is 0 Å². The van der Waals surface area contributed by atoms with Gasteiger partial charge in [-0.25, -0.2) is 4.79 Å². The summed E-state index contributed by atoms with van der Waals surface area (Å²) in [6.45, 7) is 8.08. The summed E-state index contributed by atoms with van der Waals surface area (Å²) in [5.41, 5.74) is 2.12. The Morgan fingerprint density at radius 1 is 1.39 bits per heavy atom. The molecule has 0 N–H and O–H groups in total. The van der Waals surface area contributed by atoms with Gasteiger partial charge in [0.2, 0.25) is 0 Å². The van der Waals surface area contributed by atoms with E-state index in [0.29, 0.717) is 12.4 Å². The van der Waals surface area contributed by atoms with Crippen LogP contribution in [0.5, 0.6) is 5.75 Å². The van der Waals surface area contributed by atoms with Gasteiger partial charge in [0.05, 0.1) is 12.1 Å². The molecule has 0 fully saturated rings. The number of nitrogens with zero attached hydrogens (tertiary/aromatic N) is 1. The molecule has 0 spiro atoms. The highest BCUT2D eigenvalue weighted by atomic mass is 79.9. The maximum atomic E-state index is 12.1. The van der Waals surface area contributed by atoms with Crippen molar-refractivity contribution in [2.75, 3.05) is 6.61 Å². The van der Waals surface area contributed by atoms with E-state index in [1.165, 1.54) is 0 Å². The summed E-state index contributed by atoms with van der Waals surface area (Å²) in [7, 11) is 0. The number of benzene rings is 1. The van der Waals surface area contributed by atoms with Gasteiger partial charge in [-0.2, -0.15) is 0 Å². The van der Waals surface area contributed by atoms with E-state index in [1.807, 2.05) is 50.2 Å². The van der Waals surface area contributed by atoms with Gasteiger partial charge in [-0.3, -0.25) is 0 Å². The third kappa shape index (κ3) is 3.78. The van der Waals surface area contributed by atoms with Crippen molar-refractivity contribution in [3.63, 3.8) is 0 Å². The number of aryl methyl sites for hydroxylation is 1. The highest BCUT2D eigenvalue weighted by molar-refractivity contribution is 9.11. The Morgan fingerprint density at radius 2 is 2.13 bits per heavy atom. The zero-order chi connectivity index (χ0) is 17.0. The molecule has 1 aromatic heterocycles. The summed E-state index contributed by atoms with van der Waals surface area (Å²) in [6.07, 6.45) is 1.32. The number of halogens is 1. The molecule has 0 aliphatic rings. The third-order valence-electron chi connectivity index (χ3n) is 3.62. The highest BCUT2D eigenvalue weighted by Crippen LogP contribution is 2.31. The Hall–Kier alpha value is -1.75. The Kier molecular flexibility index (Phi) is 5.88. The van der Waals surface area contributed by atoms with Crippen LogP contribution in [0, 0.1) is 12.8 Å². The van der Waals surface area contributed by atoms with Crippen LogP contribution in [-0.2, 0) is 9.53 Å². The minimum absolute atomic E-state index is 0.0231. The SMILES string of the molecule is CCOC(=O)C(Oc1cccc2c1cc(C)n2/C=C\Br)C(C)C. The minimum Gasteiger partial charge on any atom is -0.478 e. The van der Waals surface area contributed by atoms with Gasteiger partial charge >= 0.3 is 5.97 Å². The lowest BCUT2D eigenvalue weighted by Crippen LogP contribution is -2.34. The molecular formula is C18H22BrNO3. The molecule has 1 aromatic carbocycles. The van der Waals surface area contributed by atoms with Crippen LogP contribution in [0.15, 0.2) is 29.3 Å². The van der Waals surface area contributed by atoms with Gasteiger partial charge in [0.15, 0.2) is 6.10 Å². The second kappa shape index (κ2) is 7.68. The first-order chi connectivity index (χ1) is 11.0. The number of fused-ring (bicyclic) bond motifs is 1. The van der Waals surface area contributed by atoms with Crippen LogP contribution in [-0.4, -0.2) is 23.2 Å². The number of carbonyl (C=O) groups is 1. The molecule has 0 saturated carbocycles. The second-order valence-corrected chi connectivity index (χ2v) is 6.18. The molecule has 23 heavy (non-hydrogen) atoms. The van der Waals surface area contributed by atoms with Crippen LogP contribution >= 0.6 is 15.9 Å². The number of hydrogen-bond acceptors (Lipinski definition) is 3. The van der Waals surface area contributed by atoms with Gasteiger partial charge in [-0.05, 0) is 37.0 Å². The minimum atomic E-state index is -0.615. The number of rotatable bonds is 6. The van der Waals surface area contributed by atoms with E-state index in [4.69, 9.17) is 9.47 Å². The van der Waals surface area contributed by atoms with Crippen LogP contribution in [0.25, 0.3) is 17.1 Å². The second-order valence-electron chi connectivity index (χ2n) is 5.65. The first-order valence-electron chi connectivity index (χ1n) is 7.70. The fourth-order valence-electron chi connectivity index (χ4n) is 2.53. The molecule has 0 saturated heterocycles. The van der Waals surface area contributed by atoms with E-state index in [9.17, 15) is 4.79 Å². The average molecular weight is 380 g/mol. The number of aromatic nitrogens is 1. The van der Waals surface area contributed by atoms with Gasteiger partial charge < -0.3 is 14.0 Å². The maximum absolute atomic E-state index is 12.1. The van der Waals surface area contributed by atoms with Crippen LogP contribution in [0.3, 0.4) is 0 Å². The Labute approximate surface area is 145 Å². The first kappa shape index (κ1) is 17.6. The zero-order valence-corrected chi connectivity index (χ0v) is 15.5. The molecule has 1 unspecified atom stereocenters. The maximum Gasteiger partial charge on any atom is 0.347 e. The molecule has 0 radical (unpaired) electrons. The fraction of sp³-hybridized carbons (Fsp3) is 0.389. The van der Waals surface area contributed by atoms with E-state index in [-0.39, 0.29) is 11.9 Å². The quantitative estimate of drug-likeness (QED) is 0.680. The Morgan fingerprint density at radius 3 is 2.74 bits per heavy atom. The predicted octanol–water partition coefficient (Wildman–Crippen LogP) is 4.74.